The second-order valence-corrected chi connectivity index (χ2v) is 19.4. The lowest BCUT2D eigenvalue weighted by Gasteiger charge is -2.34. The highest BCUT2D eigenvalue weighted by molar-refractivity contribution is 5.70. The van der Waals surface area contributed by atoms with Gasteiger partial charge in [0.15, 0.2) is 6.10 Å². The number of hydrogen-bond acceptors (Lipinski definition) is 7. The maximum atomic E-state index is 12.8. The van der Waals surface area contributed by atoms with Gasteiger partial charge in [-0.1, -0.05) is 204 Å². The summed E-state index contributed by atoms with van der Waals surface area (Å²) in [5.41, 5.74) is 0. The summed E-state index contributed by atoms with van der Waals surface area (Å²) in [6, 6.07) is -0.728. The van der Waals surface area contributed by atoms with E-state index in [1.165, 1.54) is 154 Å². The summed E-state index contributed by atoms with van der Waals surface area (Å²) in [5.74, 6) is -1.73. The molecule has 2 unspecified atom stereocenters. The third kappa shape index (κ3) is 46.2. The Balaban J connectivity index is 4.20. The molecule has 0 aromatic rings. The van der Waals surface area contributed by atoms with Crippen LogP contribution in [0.25, 0.3) is 0 Å². The highest BCUT2D eigenvalue weighted by Crippen LogP contribution is 2.16. The largest absolute Gasteiger partial charge is 0.544 e. The van der Waals surface area contributed by atoms with Crippen molar-refractivity contribution in [3.8, 4) is 0 Å². The number of esters is 2. The number of carbonyl (C=O) groups excluding carboxylic acids is 3. The number of ether oxygens (including phenoxy) is 3. The van der Waals surface area contributed by atoms with Crippen molar-refractivity contribution in [3.05, 3.63) is 48.6 Å². The Hall–Kier alpha value is -2.71. The van der Waals surface area contributed by atoms with Crippen LogP contribution in [0.3, 0.4) is 0 Å². The van der Waals surface area contributed by atoms with E-state index in [4.69, 9.17) is 14.2 Å². The lowest BCUT2D eigenvalue weighted by molar-refractivity contribution is -0.889. The first-order valence-electron chi connectivity index (χ1n) is 27.2. The summed E-state index contributed by atoms with van der Waals surface area (Å²) in [4.78, 5) is 37.1. The average Bonchev–Trinajstić information content (AvgIpc) is 3.27. The molecule has 0 saturated heterocycles. The van der Waals surface area contributed by atoms with Gasteiger partial charge in [0.2, 0.25) is 0 Å². The number of carboxylic acids is 1. The highest BCUT2D eigenvalue weighted by Gasteiger charge is 2.25. The zero-order valence-electron chi connectivity index (χ0n) is 43.2. The van der Waals surface area contributed by atoms with Gasteiger partial charge in [-0.15, -0.1) is 0 Å². The fraction of sp³-hybridized carbons (Fsp3) is 0.807. The lowest BCUT2D eigenvalue weighted by atomic mass is 10.0. The second kappa shape index (κ2) is 47.8. The summed E-state index contributed by atoms with van der Waals surface area (Å²) < 4.78 is 17.3. The summed E-state index contributed by atoms with van der Waals surface area (Å²) in [6.45, 7) is 4.58. The molecule has 8 nitrogen and oxygen atoms in total. The molecule has 0 radical (unpaired) electrons. The predicted molar refractivity (Wildman–Crippen MR) is 273 cm³/mol. The molecule has 378 valence electrons. The van der Waals surface area contributed by atoms with Gasteiger partial charge in [-0.3, -0.25) is 9.59 Å². The minimum atomic E-state index is -1.12. The van der Waals surface area contributed by atoms with E-state index < -0.39 is 18.1 Å². The van der Waals surface area contributed by atoms with Crippen LogP contribution in [-0.2, 0) is 28.6 Å². The van der Waals surface area contributed by atoms with E-state index in [1.54, 1.807) is 21.1 Å². The van der Waals surface area contributed by atoms with Gasteiger partial charge < -0.3 is 28.6 Å². The maximum absolute atomic E-state index is 12.8. The quantitative estimate of drug-likeness (QED) is 0.0259. The van der Waals surface area contributed by atoms with E-state index in [-0.39, 0.29) is 42.7 Å². The van der Waals surface area contributed by atoms with Crippen LogP contribution in [0.15, 0.2) is 48.6 Å². The first-order chi connectivity index (χ1) is 31.6. The smallest absolute Gasteiger partial charge is 0.306 e. The molecule has 0 fully saturated rings. The van der Waals surface area contributed by atoms with Crippen LogP contribution in [0.2, 0.25) is 0 Å². The van der Waals surface area contributed by atoms with Crippen molar-refractivity contribution in [2.45, 2.75) is 257 Å². The van der Waals surface area contributed by atoms with Crippen molar-refractivity contribution in [2.75, 3.05) is 41.0 Å². The number of rotatable bonds is 49. The monoisotopic (exact) mass is 914 g/mol. The molecule has 0 saturated carbocycles. The molecule has 8 heteroatoms. The van der Waals surface area contributed by atoms with E-state index in [0.29, 0.717) is 12.8 Å². The Kier molecular flexibility index (Phi) is 45.8. The molecule has 0 aliphatic heterocycles. The summed E-state index contributed by atoms with van der Waals surface area (Å²) in [7, 11) is 5.42. The van der Waals surface area contributed by atoms with Crippen LogP contribution in [0.1, 0.15) is 245 Å². The molecule has 0 bridgehead atoms. The van der Waals surface area contributed by atoms with E-state index in [0.717, 1.165) is 57.8 Å². The molecular formula is C57H103NO7. The van der Waals surface area contributed by atoms with Crippen LogP contribution < -0.4 is 5.11 Å². The number of allylic oxidation sites excluding steroid dienone is 8. The van der Waals surface area contributed by atoms with Crippen molar-refractivity contribution >= 4 is 17.9 Å². The predicted octanol–water partition coefficient (Wildman–Crippen LogP) is 14.6. The molecule has 0 amide bonds. The maximum Gasteiger partial charge on any atom is 0.306 e. The van der Waals surface area contributed by atoms with Crippen LogP contribution >= 0.6 is 0 Å². The first kappa shape index (κ1) is 62.3. The topological polar surface area (TPSA) is 102 Å². The van der Waals surface area contributed by atoms with Crippen molar-refractivity contribution in [1.82, 2.24) is 0 Å². The van der Waals surface area contributed by atoms with Gasteiger partial charge >= 0.3 is 11.9 Å². The summed E-state index contributed by atoms with van der Waals surface area (Å²) >= 11 is 0. The number of aliphatic carboxylic acids is 1. The Morgan fingerprint density at radius 1 is 0.477 bits per heavy atom. The van der Waals surface area contributed by atoms with E-state index in [2.05, 4.69) is 62.5 Å². The summed E-state index contributed by atoms with van der Waals surface area (Å²) in [5, 5.41) is 11.7. The molecular weight excluding hydrogens is 811 g/mol. The molecule has 2 atom stereocenters. The Morgan fingerprint density at radius 2 is 0.862 bits per heavy atom. The second-order valence-electron chi connectivity index (χ2n) is 19.4. The van der Waals surface area contributed by atoms with Crippen LogP contribution in [-0.4, -0.2) is 75.5 Å². The first-order valence-corrected chi connectivity index (χ1v) is 27.2. The van der Waals surface area contributed by atoms with Crippen LogP contribution in [0, 0.1) is 0 Å². The molecule has 0 rings (SSSR count). The fourth-order valence-electron chi connectivity index (χ4n) is 8.02. The Labute approximate surface area is 401 Å². The lowest BCUT2D eigenvalue weighted by Crippen LogP contribution is -2.55. The normalized spacial score (nSPS) is 13.2. The third-order valence-electron chi connectivity index (χ3n) is 12.2. The summed E-state index contributed by atoms with van der Waals surface area (Å²) in [6.07, 6.45) is 58.6. The van der Waals surface area contributed by atoms with Gasteiger partial charge in [0.25, 0.3) is 0 Å². The zero-order chi connectivity index (χ0) is 47.7. The standard InChI is InChI=1S/C57H103NO7/c1-6-8-10-12-14-16-18-20-22-24-26-28-30-32-34-36-38-40-42-44-46-48-56(60)65-53(51-63-50-49-54(57(61)62)58(3,4)5)52-64-55(59)47-45-43-41-39-37-35-33-31-29-27-25-23-21-19-17-15-13-11-9-7-2/h8,10,14,16,20,22,27,29,53-54H,6-7,9,11-13,15,17-19,21,23-26,28,30-52H2,1-5H3/b10-8+,16-14+,22-20+,29-27+. The highest BCUT2D eigenvalue weighted by atomic mass is 16.6. The van der Waals surface area contributed by atoms with Gasteiger partial charge in [0.05, 0.1) is 40.3 Å². The van der Waals surface area contributed by atoms with E-state index in [9.17, 15) is 19.5 Å². The van der Waals surface area contributed by atoms with Gasteiger partial charge in [-0.05, 0) is 70.6 Å². The molecule has 0 aromatic carbocycles. The van der Waals surface area contributed by atoms with Crippen molar-refractivity contribution < 1.29 is 38.2 Å². The molecule has 0 N–H and O–H groups in total. The van der Waals surface area contributed by atoms with Gasteiger partial charge in [0, 0.05) is 19.3 Å². The molecule has 0 aliphatic carbocycles. The minimum absolute atomic E-state index is 0.0392. The number of hydrogen-bond donors (Lipinski definition) is 0. The number of carbonyl (C=O) groups is 3. The molecule has 0 aromatic heterocycles. The van der Waals surface area contributed by atoms with Crippen molar-refractivity contribution in [2.24, 2.45) is 0 Å². The SMILES string of the molecule is CC/C=C/C/C=C/C/C=C/CCCCCCCCCCCCCC(=O)OC(COCCC(C(=O)[O-])[N+](C)(C)C)COC(=O)CCCCCCCCC/C=C/CCCCCCCCCCC. The molecule has 0 heterocycles. The number of unbranched alkanes of at least 4 members (excludes halogenated alkanes) is 27. The number of carboxylic acid groups (broad SMARTS) is 1. The third-order valence-corrected chi connectivity index (χ3v) is 12.2. The number of likely N-dealkylation sites (N-methyl/N-ethyl adjacent to an activating group) is 1. The van der Waals surface area contributed by atoms with Crippen molar-refractivity contribution in [1.29, 1.82) is 0 Å². The molecule has 65 heavy (non-hydrogen) atoms. The van der Waals surface area contributed by atoms with Crippen molar-refractivity contribution in [3.63, 3.8) is 0 Å². The Morgan fingerprint density at radius 3 is 1.29 bits per heavy atom. The van der Waals surface area contributed by atoms with E-state index >= 15 is 0 Å². The van der Waals surface area contributed by atoms with Gasteiger partial charge in [-0.25, -0.2) is 0 Å². The number of quaternary nitrogens is 1. The van der Waals surface area contributed by atoms with Crippen LogP contribution in [0.5, 0.6) is 0 Å². The Bertz CT molecular complexity index is 1200. The zero-order valence-corrected chi connectivity index (χ0v) is 43.2. The average molecular weight is 914 g/mol. The molecule has 0 aliphatic rings. The van der Waals surface area contributed by atoms with Gasteiger partial charge in [0.1, 0.15) is 12.6 Å². The van der Waals surface area contributed by atoms with E-state index in [1.807, 2.05) is 0 Å². The fourth-order valence-corrected chi connectivity index (χ4v) is 8.02. The van der Waals surface area contributed by atoms with Crippen LogP contribution in [0.4, 0.5) is 0 Å². The number of nitrogens with zero attached hydrogens (tertiary/aromatic N) is 1. The van der Waals surface area contributed by atoms with Gasteiger partial charge in [-0.2, -0.15) is 0 Å². The minimum Gasteiger partial charge on any atom is -0.544 e. The molecule has 0 spiro atoms.